The Labute approximate surface area is 146 Å². The van der Waals surface area contributed by atoms with Gasteiger partial charge in [0.1, 0.15) is 5.82 Å². The number of halogens is 1. The number of nitrogens with zero attached hydrogens (tertiary/aromatic N) is 2. The topological polar surface area (TPSA) is 49.8 Å². The van der Waals surface area contributed by atoms with Gasteiger partial charge in [0.05, 0.1) is 5.69 Å². The van der Waals surface area contributed by atoms with Crippen LogP contribution in [0.5, 0.6) is 0 Å². The fraction of sp³-hybridized carbons (Fsp3) is 0.158. The van der Waals surface area contributed by atoms with E-state index in [4.69, 9.17) is 11.6 Å². The van der Waals surface area contributed by atoms with Crippen LogP contribution in [0.4, 0.5) is 17.5 Å². The lowest BCUT2D eigenvalue weighted by Gasteiger charge is -2.13. The molecule has 1 heterocycles. The Hall–Kier alpha value is -2.59. The second kappa shape index (κ2) is 7.32. The van der Waals surface area contributed by atoms with Gasteiger partial charge in [-0.3, -0.25) is 0 Å². The molecule has 0 aliphatic rings. The van der Waals surface area contributed by atoms with Gasteiger partial charge in [0.15, 0.2) is 0 Å². The molecule has 4 nitrogen and oxygen atoms in total. The van der Waals surface area contributed by atoms with E-state index in [1.165, 1.54) is 0 Å². The molecule has 0 aliphatic heterocycles. The highest BCUT2D eigenvalue weighted by Gasteiger charge is 2.08. The molecular formula is C19H19ClN4. The minimum Gasteiger partial charge on any atom is -0.368 e. The van der Waals surface area contributed by atoms with E-state index in [1.807, 2.05) is 60.7 Å². The van der Waals surface area contributed by atoms with Crippen molar-refractivity contribution in [2.24, 2.45) is 0 Å². The lowest BCUT2D eigenvalue weighted by molar-refractivity contribution is 0.887. The van der Waals surface area contributed by atoms with E-state index in [1.54, 1.807) is 0 Å². The third kappa shape index (κ3) is 4.24. The number of nitrogens with one attached hydrogen (secondary N) is 2. The van der Waals surface area contributed by atoms with Crippen molar-refractivity contribution in [3.63, 3.8) is 0 Å². The molecular weight excluding hydrogens is 320 g/mol. The number of hydrogen-bond donors (Lipinski definition) is 2. The molecule has 0 bridgehead atoms. The number of anilines is 3. The summed E-state index contributed by atoms with van der Waals surface area (Å²) in [6.45, 7) is 4.16. The molecule has 1 aromatic heterocycles. The second-order valence-electron chi connectivity index (χ2n) is 5.76. The van der Waals surface area contributed by atoms with Gasteiger partial charge in [-0.05, 0) is 38.1 Å². The summed E-state index contributed by atoms with van der Waals surface area (Å²) in [7, 11) is 0. The molecule has 0 unspecified atom stereocenters. The monoisotopic (exact) mass is 338 g/mol. The van der Waals surface area contributed by atoms with Crippen LogP contribution in [0.1, 0.15) is 13.8 Å². The largest absolute Gasteiger partial charge is 0.368 e. The van der Waals surface area contributed by atoms with Crippen LogP contribution in [0.25, 0.3) is 11.3 Å². The van der Waals surface area contributed by atoms with Crippen LogP contribution in [0.3, 0.4) is 0 Å². The van der Waals surface area contributed by atoms with Gasteiger partial charge in [0.25, 0.3) is 0 Å². The van der Waals surface area contributed by atoms with E-state index < -0.39 is 0 Å². The normalized spacial score (nSPS) is 10.7. The van der Waals surface area contributed by atoms with Crippen molar-refractivity contribution >= 4 is 29.1 Å². The molecule has 24 heavy (non-hydrogen) atoms. The first kappa shape index (κ1) is 16.3. The van der Waals surface area contributed by atoms with Crippen LogP contribution in [0.15, 0.2) is 60.7 Å². The van der Waals surface area contributed by atoms with E-state index in [9.17, 15) is 0 Å². The van der Waals surface area contributed by atoms with Gasteiger partial charge in [-0.1, -0.05) is 41.9 Å². The molecule has 2 aromatic carbocycles. The van der Waals surface area contributed by atoms with Crippen molar-refractivity contribution in [2.75, 3.05) is 10.6 Å². The maximum Gasteiger partial charge on any atom is 0.229 e. The fourth-order valence-electron chi connectivity index (χ4n) is 2.29. The quantitative estimate of drug-likeness (QED) is 0.657. The van der Waals surface area contributed by atoms with Crippen molar-refractivity contribution in [1.82, 2.24) is 9.97 Å². The molecule has 0 aliphatic carbocycles. The number of rotatable bonds is 5. The Balaban J connectivity index is 1.96. The summed E-state index contributed by atoms with van der Waals surface area (Å²) in [5.74, 6) is 1.33. The zero-order valence-electron chi connectivity index (χ0n) is 13.6. The fourth-order valence-corrected chi connectivity index (χ4v) is 2.42. The summed E-state index contributed by atoms with van der Waals surface area (Å²) in [4.78, 5) is 9.18. The van der Waals surface area contributed by atoms with Crippen molar-refractivity contribution in [2.45, 2.75) is 19.9 Å². The van der Waals surface area contributed by atoms with E-state index in [0.717, 1.165) is 22.8 Å². The summed E-state index contributed by atoms with van der Waals surface area (Å²) in [6, 6.07) is 19.8. The van der Waals surface area contributed by atoms with Gasteiger partial charge < -0.3 is 10.6 Å². The second-order valence-corrected chi connectivity index (χ2v) is 6.20. The average Bonchev–Trinajstić information content (AvgIpc) is 2.57. The predicted octanol–water partition coefficient (Wildman–Crippen LogP) is 5.36. The van der Waals surface area contributed by atoms with Gasteiger partial charge in [0, 0.05) is 28.4 Å². The van der Waals surface area contributed by atoms with Crippen LogP contribution in [-0.4, -0.2) is 16.0 Å². The molecule has 0 saturated heterocycles. The zero-order valence-corrected chi connectivity index (χ0v) is 14.4. The first-order valence-corrected chi connectivity index (χ1v) is 8.21. The predicted molar refractivity (Wildman–Crippen MR) is 101 cm³/mol. The summed E-state index contributed by atoms with van der Waals surface area (Å²) in [5.41, 5.74) is 2.80. The maximum atomic E-state index is 5.93. The van der Waals surface area contributed by atoms with Gasteiger partial charge in [-0.2, -0.15) is 4.98 Å². The molecule has 0 amide bonds. The van der Waals surface area contributed by atoms with E-state index >= 15 is 0 Å². The Morgan fingerprint density at radius 1 is 0.917 bits per heavy atom. The molecule has 0 atom stereocenters. The Morgan fingerprint density at radius 2 is 1.62 bits per heavy atom. The highest BCUT2D eigenvalue weighted by molar-refractivity contribution is 6.30. The van der Waals surface area contributed by atoms with E-state index in [2.05, 4.69) is 34.4 Å². The smallest absolute Gasteiger partial charge is 0.229 e. The van der Waals surface area contributed by atoms with Gasteiger partial charge in [0.2, 0.25) is 5.95 Å². The standard InChI is InChI=1S/C19H19ClN4/c1-13(2)21-18-12-17(14-6-4-3-5-7-14)23-19(24-18)22-16-10-8-15(20)9-11-16/h3-13H,1-2H3,(H2,21,22,23,24). The van der Waals surface area contributed by atoms with Crippen LogP contribution in [-0.2, 0) is 0 Å². The lowest BCUT2D eigenvalue weighted by atomic mass is 10.1. The summed E-state index contributed by atoms with van der Waals surface area (Å²) in [5, 5.41) is 7.27. The van der Waals surface area contributed by atoms with Crippen molar-refractivity contribution < 1.29 is 0 Å². The minimum atomic E-state index is 0.284. The van der Waals surface area contributed by atoms with Gasteiger partial charge in [-0.15, -0.1) is 0 Å². The molecule has 2 N–H and O–H groups in total. The summed E-state index contributed by atoms with van der Waals surface area (Å²) < 4.78 is 0. The van der Waals surface area contributed by atoms with Gasteiger partial charge in [-0.25, -0.2) is 4.98 Å². The number of hydrogen-bond acceptors (Lipinski definition) is 4. The third-order valence-corrected chi connectivity index (χ3v) is 3.58. The Kier molecular flexibility index (Phi) is 4.96. The minimum absolute atomic E-state index is 0.284. The van der Waals surface area contributed by atoms with Crippen molar-refractivity contribution in [1.29, 1.82) is 0 Å². The highest BCUT2D eigenvalue weighted by Crippen LogP contribution is 2.24. The molecule has 0 spiro atoms. The number of aromatic nitrogens is 2. The van der Waals surface area contributed by atoms with Crippen molar-refractivity contribution in [3.8, 4) is 11.3 Å². The van der Waals surface area contributed by atoms with Crippen LogP contribution in [0, 0.1) is 0 Å². The first-order valence-electron chi connectivity index (χ1n) is 7.84. The molecule has 0 fully saturated rings. The van der Waals surface area contributed by atoms with Crippen LogP contribution < -0.4 is 10.6 Å². The molecule has 0 saturated carbocycles. The van der Waals surface area contributed by atoms with Crippen molar-refractivity contribution in [3.05, 3.63) is 65.7 Å². The maximum absolute atomic E-state index is 5.93. The summed E-state index contributed by atoms with van der Waals surface area (Å²) in [6.07, 6.45) is 0. The molecule has 3 rings (SSSR count). The number of benzene rings is 2. The molecule has 5 heteroatoms. The first-order chi connectivity index (χ1) is 11.6. The molecule has 3 aromatic rings. The molecule has 0 radical (unpaired) electrons. The Bertz CT molecular complexity index is 801. The molecule has 122 valence electrons. The lowest BCUT2D eigenvalue weighted by Crippen LogP contribution is -2.12. The van der Waals surface area contributed by atoms with Gasteiger partial charge >= 0.3 is 0 Å². The van der Waals surface area contributed by atoms with E-state index in [-0.39, 0.29) is 6.04 Å². The average molecular weight is 339 g/mol. The van der Waals surface area contributed by atoms with E-state index in [0.29, 0.717) is 11.0 Å². The summed E-state index contributed by atoms with van der Waals surface area (Å²) >= 11 is 5.93. The SMILES string of the molecule is CC(C)Nc1cc(-c2ccccc2)nc(Nc2ccc(Cl)cc2)n1. The Morgan fingerprint density at radius 3 is 2.29 bits per heavy atom. The highest BCUT2D eigenvalue weighted by atomic mass is 35.5. The zero-order chi connectivity index (χ0) is 16.9. The van der Waals surface area contributed by atoms with Crippen LogP contribution in [0.2, 0.25) is 5.02 Å². The van der Waals surface area contributed by atoms with Crippen LogP contribution >= 0.6 is 11.6 Å². The third-order valence-electron chi connectivity index (χ3n) is 3.33.